The number of hydrogen-bond acceptors (Lipinski definition) is 5. The largest absolute Gasteiger partial charge is 0.377 e. The van der Waals surface area contributed by atoms with Gasteiger partial charge in [0.25, 0.3) is 0 Å². The van der Waals surface area contributed by atoms with Crippen LogP contribution in [0.4, 0.5) is 10.1 Å². The Morgan fingerprint density at radius 2 is 1.94 bits per heavy atom. The Hall–Kier alpha value is -2.82. The van der Waals surface area contributed by atoms with Crippen LogP contribution in [0.3, 0.4) is 0 Å². The van der Waals surface area contributed by atoms with Crippen molar-refractivity contribution in [1.29, 1.82) is 0 Å². The van der Waals surface area contributed by atoms with Gasteiger partial charge in [0.05, 0.1) is 33.4 Å². The number of fused-ring (bicyclic) bond motifs is 1. The van der Waals surface area contributed by atoms with Gasteiger partial charge in [-0.1, -0.05) is 23.7 Å². The zero-order chi connectivity index (χ0) is 23.0. The predicted molar refractivity (Wildman–Crippen MR) is 130 cm³/mol. The predicted octanol–water partition coefficient (Wildman–Crippen LogP) is 6.21. The smallest absolute Gasteiger partial charge is 0.133 e. The van der Waals surface area contributed by atoms with E-state index in [1.165, 1.54) is 6.07 Å². The van der Waals surface area contributed by atoms with Crippen LogP contribution in [0.15, 0.2) is 55.0 Å². The molecule has 0 aliphatic heterocycles. The summed E-state index contributed by atoms with van der Waals surface area (Å²) in [4.78, 5) is 13.0. The molecule has 0 saturated carbocycles. The third-order valence-electron chi connectivity index (χ3n) is 5.34. The molecule has 0 radical (unpaired) electrons. The SMILES string of the molecule is Cc1nc2cc(F)c(-c3ccc(P(C)(C)=O)nc3)cc2c(N[C@H](C)c2cccnc2)c1Cl. The summed E-state index contributed by atoms with van der Waals surface area (Å²) < 4.78 is 27.3. The zero-order valence-corrected chi connectivity index (χ0v) is 19.9. The minimum absolute atomic E-state index is 0.0797. The van der Waals surface area contributed by atoms with Crippen LogP contribution in [0.1, 0.15) is 24.2 Å². The average molecular weight is 469 g/mol. The first-order chi connectivity index (χ1) is 15.1. The Morgan fingerprint density at radius 1 is 1.16 bits per heavy atom. The number of rotatable bonds is 5. The molecule has 164 valence electrons. The van der Waals surface area contributed by atoms with Gasteiger partial charge in [-0.25, -0.2) is 4.39 Å². The van der Waals surface area contributed by atoms with Gasteiger partial charge in [-0.2, -0.15) is 0 Å². The van der Waals surface area contributed by atoms with Crippen molar-refractivity contribution in [2.45, 2.75) is 19.9 Å². The lowest BCUT2D eigenvalue weighted by Crippen LogP contribution is -2.09. The maximum Gasteiger partial charge on any atom is 0.133 e. The normalized spacial score (nSPS) is 12.7. The van der Waals surface area contributed by atoms with Gasteiger partial charge >= 0.3 is 0 Å². The van der Waals surface area contributed by atoms with Gasteiger partial charge in [0.15, 0.2) is 0 Å². The van der Waals surface area contributed by atoms with Crippen LogP contribution in [0.5, 0.6) is 0 Å². The molecule has 0 unspecified atom stereocenters. The molecule has 32 heavy (non-hydrogen) atoms. The summed E-state index contributed by atoms with van der Waals surface area (Å²) in [5.41, 5.74) is 4.27. The molecule has 1 aromatic carbocycles. The molecular formula is C24H23ClFN4OP. The van der Waals surface area contributed by atoms with E-state index in [1.807, 2.05) is 19.1 Å². The molecule has 1 N–H and O–H groups in total. The van der Waals surface area contributed by atoms with Gasteiger partial charge in [-0.05, 0) is 50.9 Å². The molecule has 3 heterocycles. The Balaban J connectivity index is 1.84. The monoisotopic (exact) mass is 468 g/mol. The third-order valence-corrected chi connectivity index (χ3v) is 7.17. The Labute approximate surface area is 191 Å². The van der Waals surface area contributed by atoms with E-state index in [0.717, 1.165) is 5.56 Å². The lowest BCUT2D eigenvalue weighted by Gasteiger charge is -2.20. The second-order valence-electron chi connectivity index (χ2n) is 8.14. The van der Waals surface area contributed by atoms with Crippen LogP contribution in [0, 0.1) is 12.7 Å². The summed E-state index contributed by atoms with van der Waals surface area (Å²) >= 11 is 6.64. The standard InChI is InChI=1S/C24H23ClFN4OP/c1-14(16-6-5-9-27-12-16)30-24-19-10-18(17-7-8-22(28-13-17)32(3,4)31)20(26)11-21(19)29-15(2)23(24)25/h5-14H,1-4H3,(H,29,30)/t14-/m1/s1. The topological polar surface area (TPSA) is 67.8 Å². The lowest BCUT2D eigenvalue weighted by atomic mass is 10.0. The summed E-state index contributed by atoms with van der Waals surface area (Å²) in [7, 11) is -2.49. The van der Waals surface area contributed by atoms with Crippen molar-refractivity contribution in [1.82, 2.24) is 15.0 Å². The summed E-state index contributed by atoms with van der Waals surface area (Å²) in [5.74, 6) is -0.413. The Kier molecular flexibility index (Phi) is 6.02. The minimum Gasteiger partial charge on any atom is -0.377 e. The van der Waals surface area contributed by atoms with E-state index < -0.39 is 13.0 Å². The number of anilines is 1. The van der Waals surface area contributed by atoms with E-state index in [9.17, 15) is 4.57 Å². The van der Waals surface area contributed by atoms with Crippen molar-refractivity contribution in [3.05, 3.63) is 77.1 Å². The molecule has 8 heteroatoms. The van der Waals surface area contributed by atoms with E-state index in [2.05, 4.69) is 20.3 Å². The lowest BCUT2D eigenvalue weighted by molar-refractivity contribution is 0.588. The summed E-state index contributed by atoms with van der Waals surface area (Å²) in [6, 6.07) is 10.3. The van der Waals surface area contributed by atoms with Crippen molar-refractivity contribution in [3.63, 3.8) is 0 Å². The Bertz CT molecular complexity index is 1340. The van der Waals surface area contributed by atoms with Crippen molar-refractivity contribution < 1.29 is 8.96 Å². The number of nitrogens with zero attached hydrogens (tertiary/aromatic N) is 3. The molecular weight excluding hydrogens is 446 g/mol. The molecule has 0 aliphatic carbocycles. The number of aryl methyl sites for hydroxylation is 1. The fourth-order valence-electron chi connectivity index (χ4n) is 3.54. The molecule has 1 atom stereocenters. The molecule has 0 bridgehead atoms. The third kappa shape index (κ3) is 4.38. The number of nitrogens with one attached hydrogen (secondary N) is 1. The molecule has 4 aromatic rings. The second-order valence-corrected chi connectivity index (χ2v) is 11.7. The number of pyridine rings is 3. The highest BCUT2D eigenvalue weighted by molar-refractivity contribution is 7.69. The van der Waals surface area contributed by atoms with Gasteiger partial charge < -0.3 is 9.88 Å². The van der Waals surface area contributed by atoms with Crippen LogP contribution in [-0.2, 0) is 4.57 Å². The van der Waals surface area contributed by atoms with Crippen LogP contribution in [0.25, 0.3) is 22.0 Å². The first-order valence-electron chi connectivity index (χ1n) is 10.1. The fraction of sp³-hybridized carbons (Fsp3) is 0.208. The first kappa shape index (κ1) is 22.4. The fourth-order valence-corrected chi connectivity index (χ4v) is 4.51. The van der Waals surface area contributed by atoms with Crippen molar-refractivity contribution >= 4 is 40.8 Å². The van der Waals surface area contributed by atoms with E-state index in [0.29, 0.717) is 43.9 Å². The first-order valence-corrected chi connectivity index (χ1v) is 13.1. The maximum atomic E-state index is 15.0. The molecule has 0 fully saturated rings. The average Bonchev–Trinajstić information content (AvgIpc) is 2.76. The molecule has 0 amide bonds. The number of benzene rings is 1. The zero-order valence-electron chi connectivity index (χ0n) is 18.2. The molecule has 0 saturated heterocycles. The highest BCUT2D eigenvalue weighted by Crippen LogP contribution is 2.38. The van der Waals surface area contributed by atoms with E-state index in [1.54, 1.807) is 57.0 Å². The van der Waals surface area contributed by atoms with Crippen LogP contribution < -0.4 is 10.8 Å². The maximum absolute atomic E-state index is 15.0. The summed E-state index contributed by atoms with van der Waals surface area (Å²) in [6.07, 6.45) is 5.06. The minimum atomic E-state index is -2.49. The molecule has 5 nitrogen and oxygen atoms in total. The highest BCUT2D eigenvalue weighted by atomic mass is 35.5. The number of halogens is 2. The molecule has 0 spiro atoms. The molecule has 3 aromatic heterocycles. The second kappa shape index (κ2) is 8.61. The van der Waals surface area contributed by atoms with Gasteiger partial charge in [-0.15, -0.1) is 0 Å². The van der Waals surface area contributed by atoms with E-state index >= 15 is 4.39 Å². The van der Waals surface area contributed by atoms with Crippen LogP contribution in [0.2, 0.25) is 5.02 Å². The van der Waals surface area contributed by atoms with Gasteiger partial charge in [0, 0.05) is 41.2 Å². The van der Waals surface area contributed by atoms with Crippen LogP contribution in [-0.4, -0.2) is 28.3 Å². The van der Waals surface area contributed by atoms with Crippen molar-refractivity contribution in [2.75, 3.05) is 18.6 Å². The van der Waals surface area contributed by atoms with Crippen molar-refractivity contribution in [2.24, 2.45) is 0 Å². The molecule has 4 rings (SSSR count). The number of hydrogen-bond donors (Lipinski definition) is 1. The van der Waals surface area contributed by atoms with Gasteiger partial charge in [0.2, 0.25) is 0 Å². The van der Waals surface area contributed by atoms with E-state index in [4.69, 9.17) is 11.6 Å². The summed E-state index contributed by atoms with van der Waals surface area (Å²) in [6.45, 7) is 7.12. The van der Waals surface area contributed by atoms with Crippen molar-refractivity contribution in [3.8, 4) is 11.1 Å². The highest BCUT2D eigenvalue weighted by Gasteiger charge is 2.18. The van der Waals surface area contributed by atoms with E-state index in [-0.39, 0.29) is 6.04 Å². The number of aromatic nitrogens is 3. The quantitative estimate of drug-likeness (QED) is 0.352. The molecule has 0 aliphatic rings. The Morgan fingerprint density at radius 3 is 2.56 bits per heavy atom. The van der Waals surface area contributed by atoms with Crippen LogP contribution >= 0.6 is 18.7 Å². The van der Waals surface area contributed by atoms with Gasteiger partial charge in [0.1, 0.15) is 13.0 Å². The van der Waals surface area contributed by atoms with Gasteiger partial charge in [-0.3, -0.25) is 15.0 Å². The summed E-state index contributed by atoms with van der Waals surface area (Å²) in [5, 5.41) is 4.64.